The Kier molecular flexibility index (Phi) is 4.06. The molecule has 0 bridgehead atoms. The highest BCUT2D eigenvalue weighted by Crippen LogP contribution is 2.35. The summed E-state index contributed by atoms with van der Waals surface area (Å²) in [7, 11) is 0. The Bertz CT molecular complexity index is 705. The molecule has 20 heavy (non-hydrogen) atoms. The Morgan fingerprint density at radius 1 is 1.05 bits per heavy atom. The maximum Gasteiger partial charge on any atom is 0.0636 e. The van der Waals surface area contributed by atoms with Gasteiger partial charge in [0, 0.05) is 27.5 Å². The number of nitrogens with one attached hydrogen (secondary N) is 1. The number of fused-ring (bicyclic) bond motifs is 1. The van der Waals surface area contributed by atoms with E-state index in [1.165, 1.54) is 15.1 Å². The predicted octanol–water partition coefficient (Wildman–Crippen LogP) is 5.41. The highest BCUT2D eigenvalue weighted by Gasteiger charge is 2.11. The van der Waals surface area contributed by atoms with Crippen LogP contribution < -0.4 is 5.32 Å². The van der Waals surface area contributed by atoms with Crippen LogP contribution in [0, 0.1) is 0 Å². The summed E-state index contributed by atoms with van der Waals surface area (Å²) >= 11 is 8.22. The van der Waals surface area contributed by atoms with Gasteiger partial charge in [0.2, 0.25) is 0 Å². The summed E-state index contributed by atoms with van der Waals surface area (Å²) in [5.41, 5.74) is 1.30. The van der Waals surface area contributed by atoms with Gasteiger partial charge in [0.15, 0.2) is 0 Å². The number of hydrogen-bond donors (Lipinski definition) is 1. The van der Waals surface area contributed by atoms with Gasteiger partial charge in [-0.1, -0.05) is 60.1 Å². The second-order valence-electron chi connectivity index (χ2n) is 4.85. The molecule has 1 aromatic heterocycles. The first kappa shape index (κ1) is 13.6. The molecule has 1 N–H and O–H groups in total. The topological polar surface area (TPSA) is 12.0 Å². The summed E-state index contributed by atoms with van der Waals surface area (Å²) in [5, 5.41) is 5.59. The molecule has 2 aromatic carbocycles. The quantitative estimate of drug-likeness (QED) is 0.680. The normalized spacial score (nSPS) is 12.7. The number of thiophene rings is 1. The molecule has 0 saturated carbocycles. The van der Waals surface area contributed by atoms with Crippen molar-refractivity contribution in [3.8, 4) is 0 Å². The van der Waals surface area contributed by atoms with Crippen LogP contribution in [0.4, 0.5) is 0 Å². The number of hydrogen-bond acceptors (Lipinski definition) is 2. The van der Waals surface area contributed by atoms with E-state index in [0.717, 1.165) is 17.0 Å². The first-order valence-corrected chi connectivity index (χ1v) is 7.89. The van der Waals surface area contributed by atoms with Crippen LogP contribution in [0.25, 0.3) is 10.1 Å². The molecule has 0 spiro atoms. The van der Waals surface area contributed by atoms with Crippen molar-refractivity contribution >= 4 is 33.0 Å². The van der Waals surface area contributed by atoms with Gasteiger partial charge in [0.05, 0.1) is 5.02 Å². The van der Waals surface area contributed by atoms with Crippen molar-refractivity contribution in [1.82, 2.24) is 5.32 Å². The first-order valence-electron chi connectivity index (χ1n) is 6.70. The molecule has 0 saturated heterocycles. The standard InChI is InChI=1S/C17H16ClNS/c1-12(13-7-3-2-4-8-13)19-11-16-17(18)14-9-5-6-10-15(14)20-16/h2-10,12,19H,11H2,1H3/t12-/m1/s1. The molecular formula is C17H16ClNS. The van der Waals surface area contributed by atoms with Gasteiger partial charge in [-0.2, -0.15) is 0 Å². The van der Waals surface area contributed by atoms with Gasteiger partial charge in [0.25, 0.3) is 0 Å². The van der Waals surface area contributed by atoms with E-state index in [2.05, 4.69) is 54.7 Å². The van der Waals surface area contributed by atoms with Crippen LogP contribution in [0.1, 0.15) is 23.4 Å². The molecule has 0 fully saturated rings. The molecule has 0 radical (unpaired) electrons. The van der Waals surface area contributed by atoms with Crippen LogP contribution in [0.15, 0.2) is 54.6 Å². The summed E-state index contributed by atoms with van der Waals surface area (Å²) in [6.45, 7) is 2.98. The van der Waals surface area contributed by atoms with Crippen LogP contribution in [-0.2, 0) is 6.54 Å². The molecule has 3 rings (SSSR count). The van der Waals surface area contributed by atoms with E-state index >= 15 is 0 Å². The van der Waals surface area contributed by atoms with Crippen molar-refractivity contribution in [1.29, 1.82) is 0 Å². The van der Waals surface area contributed by atoms with Crippen molar-refractivity contribution in [2.24, 2.45) is 0 Å². The summed E-state index contributed by atoms with van der Waals surface area (Å²) in [6.07, 6.45) is 0. The molecule has 3 aromatic rings. The summed E-state index contributed by atoms with van der Waals surface area (Å²) in [5.74, 6) is 0. The van der Waals surface area contributed by atoms with Crippen molar-refractivity contribution < 1.29 is 0 Å². The Morgan fingerprint density at radius 2 is 1.75 bits per heavy atom. The fourth-order valence-corrected chi connectivity index (χ4v) is 3.73. The smallest absolute Gasteiger partial charge is 0.0636 e. The molecule has 0 aliphatic rings. The maximum absolute atomic E-state index is 6.46. The molecule has 0 aliphatic heterocycles. The van der Waals surface area contributed by atoms with Crippen molar-refractivity contribution in [2.45, 2.75) is 19.5 Å². The zero-order valence-corrected chi connectivity index (χ0v) is 12.8. The van der Waals surface area contributed by atoms with E-state index < -0.39 is 0 Å². The monoisotopic (exact) mass is 301 g/mol. The van der Waals surface area contributed by atoms with Crippen molar-refractivity contribution in [2.75, 3.05) is 0 Å². The third-order valence-electron chi connectivity index (χ3n) is 3.47. The lowest BCUT2D eigenvalue weighted by molar-refractivity contribution is 0.579. The lowest BCUT2D eigenvalue weighted by atomic mass is 10.1. The van der Waals surface area contributed by atoms with Crippen LogP contribution in [0.3, 0.4) is 0 Å². The molecule has 0 unspecified atom stereocenters. The Morgan fingerprint density at radius 3 is 2.50 bits per heavy atom. The molecule has 3 heteroatoms. The third kappa shape index (κ3) is 2.73. The van der Waals surface area contributed by atoms with Crippen molar-refractivity contribution in [3.63, 3.8) is 0 Å². The van der Waals surface area contributed by atoms with E-state index in [1.807, 2.05) is 12.1 Å². The molecule has 0 amide bonds. The van der Waals surface area contributed by atoms with Gasteiger partial charge in [-0.15, -0.1) is 11.3 Å². The van der Waals surface area contributed by atoms with Gasteiger partial charge >= 0.3 is 0 Å². The first-order chi connectivity index (χ1) is 9.75. The predicted molar refractivity (Wildman–Crippen MR) is 88.5 cm³/mol. The third-order valence-corrected chi connectivity index (χ3v) is 5.18. The molecule has 1 nitrogen and oxygen atoms in total. The van der Waals surface area contributed by atoms with Gasteiger partial charge in [0.1, 0.15) is 0 Å². The van der Waals surface area contributed by atoms with Gasteiger partial charge in [-0.05, 0) is 18.6 Å². The highest BCUT2D eigenvalue weighted by molar-refractivity contribution is 7.19. The summed E-state index contributed by atoms with van der Waals surface area (Å²) < 4.78 is 1.25. The van der Waals surface area contributed by atoms with Crippen LogP contribution >= 0.6 is 22.9 Å². The lowest BCUT2D eigenvalue weighted by Crippen LogP contribution is -2.17. The molecule has 0 aliphatic carbocycles. The highest BCUT2D eigenvalue weighted by atomic mass is 35.5. The average Bonchev–Trinajstić information content (AvgIpc) is 2.83. The van der Waals surface area contributed by atoms with Gasteiger partial charge in [-0.3, -0.25) is 0 Å². The summed E-state index contributed by atoms with van der Waals surface area (Å²) in [6, 6.07) is 19.1. The maximum atomic E-state index is 6.46. The summed E-state index contributed by atoms with van der Waals surface area (Å²) in [4.78, 5) is 1.20. The fourth-order valence-electron chi connectivity index (χ4n) is 2.28. The minimum absolute atomic E-state index is 0.317. The number of halogens is 1. The minimum Gasteiger partial charge on any atom is -0.305 e. The van der Waals surface area contributed by atoms with Gasteiger partial charge in [-0.25, -0.2) is 0 Å². The van der Waals surface area contributed by atoms with Crippen LogP contribution in [-0.4, -0.2) is 0 Å². The number of benzene rings is 2. The van der Waals surface area contributed by atoms with Crippen LogP contribution in [0.2, 0.25) is 5.02 Å². The zero-order valence-electron chi connectivity index (χ0n) is 11.3. The minimum atomic E-state index is 0.317. The van der Waals surface area contributed by atoms with Crippen LogP contribution in [0.5, 0.6) is 0 Å². The fraction of sp³-hybridized carbons (Fsp3) is 0.176. The largest absolute Gasteiger partial charge is 0.305 e. The van der Waals surface area contributed by atoms with E-state index in [4.69, 9.17) is 11.6 Å². The Hall–Kier alpha value is -1.35. The average molecular weight is 302 g/mol. The number of rotatable bonds is 4. The second kappa shape index (κ2) is 5.96. The molecule has 1 heterocycles. The lowest BCUT2D eigenvalue weighted by Gasteiger charge is -2.13. The Labute approximate surface area is 128 Å². The molecular weight excluding hydrogens is 286 g/mol. The van der Waals surface area contributed by atoms with E-state index in [-0.39, 0.29) is 0 Å². The zero-order chi connectivity index (χ0) is 13.9. The molecule has 1 atom stereocenters. The molecule has 102 valence electrons. The van der Waals surface area contributed by atoms with E-state index in [9.17, 15) is 0 Å². The second-order valence-corrected chi connectivity index (χ2v) is 6.36. The van der Waals surface area contributed by atoms with Gasteiger partial charge < -0.3 is 5.32 Å². The Balaban J connectivity index is 1.76. The van der Waals surface area contributed by atoms with E-state index in [0.29, 0.717) is 6.04 Å². The van der Waals surface area contributed by atoms with E-state index in [1.54, 1.807) is 11.3 Å². The SMILES string of the molecule is C[C@@H](NCc1sc2ccccc2c1Cl)c1ccccc1. The van der Waals surface area contributed by atoms with Crippen molar-refractivity contribution in [3.05, 3.63) is 70.1 Å².